The van der Waals surface area contributed by atoms with E-state index >= 15 is 0 Å². The SMILES string of the molecule is Cc1ccc(S(=O)(=O)NC(=O)Nc2ccc(-n3c(=O)[nH]c4c5c(ccc4c3=O)NCC5)cc2)s1. The molecule has 1 aliphatic heterocycles. The highest BCUT2D eigenvalue weighted by molar-refractivity contribution is 7.92. The van der Waals surface area contributed by atoms with Gasteiger partial charge in [0.05, 0.1) is 16.6 Å². The van der Waals surface area contributed by atoms with Crippen LogP contribution in [0.5, 0.6) is 0 Å². The molecule has 0 radical (unpaired) electrons. The van der Waals surface area contributed by atoms with Crippen LogP contribution in [-0.2, 0) is 16.4 Å². The number of anilines is 2. The second-order valence-electron chi connectivity index (χ2n) is 7.73. The van der Waals surface area contributed by atoms with E-state index in [1.54, 1.807) is 19.1 Å². The summed E-state index contributed by atoms with van der Waals surface area (Å²) >= 11 is 1.05. The van der Waals surface area contributed by atoms with E-state index in [0.29, 0.717) is 16.6 Å². The van der Waals surface area contributed by atoms with Crippen LogP contribution in [0.1, 0.15) is 10.4 Å². The standard InChI is InChI=1S/C22H19N5O5S2/c1-12-2-9-18(33-12)34(31,32)26-21(29)24-13-3-5-14(6-4-13)27-20(28)16-7-8-17-15(10-11-23-17)19(16)25-22(27)30/h2-9,23H,10-11H2,1H3,(H,25,30)(H2,24,26,29). The van der Waals surface area contributed by atoms with E-state index in [1.807, 2.05) is 10.8 Å². The molecule has 0 fully saturated rings. The number of carbonyl (C=O) groups excluding carboxylic acids is 1. The average Bonchev–Trinajstić information content (AvgIpc) is 3.44. The fourth-order valence-electron chi connectivity index (χ4n) is 3.91. The first-order valence-corrected chi connectivity index (χ1v) is 12.6. The number of aryl methyl sites for hydroxylation is 1. The number of aromatic amines is 1. The van der Waals surface area contributed by atoms with Gasteiger partial charge in [-0.05, 0) is 61.9 Å². The van der Waals surface area contributed by atoms with E-state index in [4.69, 9.17) is 0 Å². The van der Waals surface area contributed by atoms with Gasteiger partial charge in [-0.25, -0.2) is 27.3 Å². The summed E-state index contributed by atoms with van der Waals surface area (Å²) < 4.78 is 27.6. The number of thiophene rings is 1. The van der Waals surface area contributed by atoms with E-state index in [1.165, 1.54) is 30.3 Å². The number of nitrogens with zero attached hydrogens (tertiary/aromatic N) is 1. The van der Waals surface area contributed by atoms with E-state index in [2.05, 4.69) is 15.6 Å². The summed E-state index contributed by atoms with van der Waals surface area (Å²) in [5.41, 5.74) is 1.92. The van der Waals surface area contributed by atoms with Crippen LogP contribution in [0, 0.1) is 6.92 Å². The Labute approximate surface area is 197 Å². The maximum atomic E-state index is 13.1. The van der Waals surface area contributed by atoms with Crippen LogP contribution < -0.4 is 26.6 Å². The van der Waals surface area contributed by atoms with Gasteiger partial charge in [-0.1, -0.05) is 0 Å². The molecule has 4 N–H and O–H groups in total. The van der Waals surface area contributed by atoms with Crippen LogP contribution in [0.2, 0.25) is 0 Å². The third-order valence-electron chi connectivity index (χ3n) is 5.46. The predicted octanol–water partition coefficient (Wildman–Crippen LogP) is 2.53. The molecule has 0 spiro atoms. The van der Waals surface area contributed by atoms with Crippen molar-refractivity contribution in [3.05, 3.63) is 79.8 Å². The molecule has 0 bridgehead atoms. The van der Waals surface area contributed by atoms with Crippen molar-refractivity contribution in [2.24, 2.45) is 0 Å². The highest BCUT2D eigenvalue weighted by Gasteiger charge is 2.20. The first-order chi connectivity index (χ1) is 16.2. The Bertz CT molecular complexity index is 1670. The van der Waals surface area contributed by atoms with Crippen molar-refractivity contribution in [3.8, 4) is 5.69 Å². The van der Waals surface area contributed by atoms with Crippen molar-refractivity contribution in [1.82, 2.24) is 14.3 Å². The Balaban J connectivity index is 1.39. The summed E-state index contributed by atoms with van der Waals surface area (Å²) in [4.78, 5) is 41.6. The van der Waals surface area contributed by atoms with Crippen molar-refractivity contribution in [2.45, 2.75) is 17.6 Å². The number of fused-ring (bicyclic) bond motifs is 3. The zero-order chi connectivity index (χ0) is 24.0. The second-order valence-corrected chi connectivity index (χ2v) is 10.9. The van der Waals surface area contributed by atoms with Gasteiger partial charge in [-0.3, -0.25) is 4.79 Å². The monoisotopic (exact) mass is 497 g/mol. The van der Waals surface area contributed by atoms with Crippen LogP contribution in [-0.4, -0.2) is 30.5 Å². The molecule has 2 aromatic heterocycles. The zero-order valence-corrected chi connectivity index (χ0v) is 19.5. The molecule has 0 saturated heterocycles. The number of aromatic nitrogens is 2. The Kier molecular flexibility index (Phi) is 5.25. The minimum absolute atomic E-state index is 0.0341. The second kappa shape index (κ2) is 8.15. The molecule has 2 aromatic carbocycles. The molecule has 0 aliphatic carbocycles. The molecule has 4 aromatic rings. The van der Waals surface area contributed by atoms with Crippen LogP contribution in [0.4, 0.5) is 16.2 Å². The molecule has 0 saturated carbocycles. The summed E-state index contributed by atoms with van der Waals surface area (Å²) in [6.07, 6.45) is 0.719. The van der Waals surface area contributed by atoms with Gasteiger partial charge < -0.3 is 15.6 Å². The van der Waals surface area contributed by atoms with Gasteiger partial charge in [0.15, 0.2) is 0 Å². The number of hydrogen-bond donors (Lipinski definition) is 4. The minimum Gasteiger partial charge on any atom is -0.384 e. The summed E-state index contributed by atoms with van der Waals surface area (Å²) in [7, 11) is -3.99. The molecular formula is C22H19N5O5S2. The van der Waals surface area contributed by atoms with Gasteiger partial charge in [0.25, 0.3) is 15.6 Å². The lowest BCUT2D eigenvalue weighted by atomic mass is 10.1. The van der Waals surface area contributed by atoms with Gasteiger partial charge >= 0.3 is 11.7 Å². The lowest BCUT2D eigenvalue weighted by Gasteiger charge is -2.11. The van der Waals surface area contributed by atoms with Crippen molar-refractivity contribution in [1.29, 1.82) is 0 Å². The van der Waals surface area contributed by atoms with E-state index < -0.39 is 27.3 Å². The fraction of sp³-hybridized carbons (Fsp3) is 0.136. The lowest BCUT2D eigenvalue weighted by molar-refractivity contribution is 0.256. The van der Waals surface area contributed by atoms with Crippen molar-refractivity contribution in [2.75, 3.05) is 17.2 Å². The van der Waals surface area contributed by atoms with E-state index in [9.17, 15) is 22.8 Å². The van der Waals surface area contributed by atoms with Crippen LogP contribution in [0.3, 0.4) is 0 Å². The lowest BCUT2D eigenvalue weighted by Crippen LogP contribution is -2.34. The Morgan fingerprint density at radius 3 is 2.53 bits per heavy atom. The minimum atomic E-state index is -3.99. The number of urea groups is 1. The smallest absolute Gasteiger partial charge is 0.333 e. The molecule has 12 heteroatoms. The Morgan fingerprint density at radius 1 is 1.06 bits per heavy atom. The van der Waals surface area contributed by atoms with Crippen LogP contribution in [0.25, 0.3) is 16.6 Å². The normalized spacial score (nSPS) is 12.9. The van der Waals surface area contributed by atoms with Crippen LogP contribution >= 0.6 is 11.3 Å². The molecule has 1 aliphatic rings. The van der Waals surface area contributed by atoms with Gasteiger partial charge in [0.2, 0.25) is 0 Å². The summed E-state index contributed by atoms with van der Waals surface area (Å²) in [6.45, 7) is 2.51. The number of carbonyl (C=O) groups is 1. The predicted molar refractivity (Wildman–Crippen MR) is 131 cm³/mol. The quantitative estimate of drug-likeness (QED) is 0.341. The zero-order valence-electron chi connectivity index (χ0n) is 17.8. The fourth-order valence-corrected chi connectivity index (χ4v) is 6.10. The molecule has 0 atom stereocenters. The Hall–Kier alpha value is -3.90. The number of amides is 2. The molecule has 174 valence electrons. The van der Waals surface area contributed by atoms with Crippen molar-refractivity contribution >= 4 is 49.7 Å². The topological polar surface area (TPSA) is 142 Å². The number of nitrogens with one attached hydrogen (secondary N) is 4. The van der Waals surface area contributed by atoms with Gasteiger partial charge in [0, 0.05) is 28.4 Å². The first-order valence-electron chi connectivity index (χ1n) is 10.3. The Morgan fingerprint density at radius 2 is 1.82 bits per heavy atom. The summed E-state index contributed by atoms with van der Waals surface area (Å²) in [5, 5.41) is 6.05. The van der Waals surface area contributed by atoms with Crippen molar-refractivity contribution < 1.29 is 13.2 Å². The third kappa shape index (κ3) is 3.86. The number of benzene rings is 2. The molecular weight excluding hydrogens is 478 g/mol. The summed E-state index contributed by atoms with van der Waals surface area (Å²) in [5.74, 6) is 0. The number of hydrogen-bond acceptors (Lipinski definition) is 7. The molecule has 10 nitrogen and oxygen atoms in total. The molecule has 2 amide bonds. The average molecular weight is 498 g/mol. The summed E-state index contributed by atoms with van der Waals surface area (Å²) in [6, 6.07) is 11.6. The maximum Gasteiger partial charge on any atom is 0.333 e. The van der Waals surface area contributed by atoms with Gasteiger partial charge in [-0.15, -0.1) is 11.3 Å². The molecule has 0 unspecified atom stereocenters. The first kappa shape index (κ1) is 21.9. The number of sulfonamides is 1. The van der Waals surface area contributed by atoms with Gasteiger partial charge in [-0.2, -0.15) is 0 Å². The highest BCUT2D eigenvalue weighted by atomic mass is 32.2. The van der Waals surface area contributed by atoms with E-state index in [0.717, 1.165) is 45.0 Å². The highest BCUT2D eigenvalue weighted by Crippen LogP contribution is 2.27. The van der Waals surface area contributed by atoms with Gasteiger partial charge in [0.1, 0.15) is 4.21 Å². The van der Waals surface area contributed by atoms with Crippen molar-refractivity contribution in [3.63, 3.8) is 0 Å². The largest absolute Gasteiger partial charge is 0.384 e. The maximum absolute atomic E-state index is 13.1. The number of H-pyrrole nitrogens is 1. The third-order valence-corrected chi connectivity index (χ3v) is 8.29. The molecule has 5 rings (SSSR count). The molecule has 3 heterocycles. The van der Waals surface area contributed by atoms with E-state index in [-0.39, 0.29) is 9.90 Å². The molecule has 34 heavy (non-hydrogen) atoms. The van der Waals surface area contributed by atoms with Crippen LogP contribution in [0.15, 0.2) is 62.3 Å². The number of rotatable bonds is 4.